The van der Waals surface area contributed by atoms with Crippen molar-refractivity contribution in [2.24, 2.45) is 64.0 Å². The number of carboxylic acids is 3. The van der Waals surface area contributed by atoms with Crippen LogP contribution in [0, 0.1) is 29.6 Å². The first kappa shape index (κ1) is 131. The van der Waals surface area contributed by atoms with Crippen molar-refractivity contribution in [2.45, 2.75) is 307 Å². The molecule has 0 aliphatic carbocycles. The summed E-state index contributed by atoms with van der Waals surface area (Å²) in [5.74, 6) is -32.2. The molecule has 59 heteroatoms. The number of carbonyl (C=O) groups is 25. The van der Waals surface area contributed by atoms with Gasteiger partial charge in [-0.25, -0.2) is 14.8 Å². The summed E-state index contributed by atoms with van der Waals surface area (Å²) in [6.07, 6.45) is 0.554. The van der Waals surface area contributed by atoms with E-state index in [4.69, 9.17) is 34.4 Å². The quantitative estimate of drug-likeness (QED) is 0.0274. The average molecular weight is 2130 g/mol. The Hall–Kier alpha value is -15.0. The summed E-state index contributed by atoms with van der Waals surface area (Å²) in [4.78, 5) is 351. The number of aromatic nitrogens is 4. The van der Waals surface area contributed by atoms with Crippen LogP contribution in [0.5, 0.6) is 0 Å². The van der Waals surface area contributed by atoms with Crippen molar-refractivity contribution in [1.82, 2.24) is 121 Å². The van der Waals surface area contributed by atoms with Crippen molar-refractivity contribution < 1.29 is 145 Å². The highest BCUT2D eigenvalue weighted by atomic mass is 16.4. The van der Waals surface area contributed by atoms with Crippen LogP contribution in [0.25, 0.3) is 0 Å². The van der Waals surface area contributed by atoms with Gasteiger partial charge in [0.05, 0.1) is 82.2 Å². The minimum atomic E-state index is -2.04. The Labute approximate surface area is 864 Å². The van der Waals surface area contributed by atoms with Crippen molar-refractivity contribution in [3.8, 4) is 0 Å². The number of H-pyrrole nitrogens is 2. The molecule has 0 spiro atoms. The molecule has 840 valence electrons. The molecule has 0 aliphatic rings. The minimum absolute atomic E-state index is 0.0132. The second-order valence-electron chi connectivity index (χ2n) is 36.6. The van der Waals surface area contributed by atoms with Gasteiger partial charge in [0.2, 0.25) is 130 Å². The molecule has 0 saturated heterocycles. The molecule has 38 N–H and O–H groups in total. The van der Waals surface area contributed by atoms with Gasteiger partial charge >= 0.3 is 17.9 Å². The molecule has 0 unspecified atom stereocenters. The van der Waals surface area contributed by atoms with Crippen LogP contribution in [-0.2, 0) is 133 Å². The maximum Gasteiger partial charge on any atom is 0.326 e. The number of unbranched alkanes of at least 4 members (excludes halogenated alkanes) is 2. The standard InChI is InChI=1S/C91H151N29O30/c1-12-44(7)71(117-68(128)38-102-77(135)56(29-49-34-98-41-103-49)106-66(126)36-101-79(137)60(33-70(131)132)107-67(127)37-100-78(136)57(30-50-35-99-42-104-50)112-76(134)51(94)28-43(5)6)88(146)111-54(22-24-63(95)123)81(139)113-58(31-64(96)124)84(142)105-48(11)75(133)108-55(23-25-69(129)130)83(141)118-72(45(8)13-2)89(147)110-52(20-16-18-26-92)80(138)114-59(32-65(97)125)85(143)115-62(40-122)87(145)119-73(46(9)14-3)90(148)116-61(39-121)86(144)109-53(21-17-19-27-93)82(140)120-74(91(149)150)47(10)15-4/h34-35,41-48,51-62,71-74,121-122H,12-33,36-40,92-94H2,1-11H3,(H2,95,123)(H2,96,124)(H2,97,125)(H,98,103)(H,99,104)(H,100,136)(H,101,137)(H,102,135)(H,105,142)(H,106,126)(H,107,127)(H,108,133)(H,109,144)(H,110,147)(H,111,146)(H,112,134)(H,113,139)(H,114,138)(H,115,143)(H,116,148)(H,117,128)(H,118,141)(H,119,145)(H,120,140)(H,129,130)(H,131,132)(H,149,150)/t44-,45-,46-,47-,48-,51-,52-,53-,54-,55-,56-,57-,58-,59-,60-,61-,62-,71-,72-,73-,74-/m0/s1. The fourth-order valence-electron chi connectivity index (χ4n) is 14.4. The van der Waals surface area contributed by atoms with Crippen molar-refractivity contribution >= 4 is 148 Å². The summed E-state index contributed by atoms with van der Waals surface area (Å²) in [7, 11) is 0. The highest BCUT2D eigenvalue weighted by Gasteiger charge is 2.42. The monoisotopic (exact) mass is 2130 g/mol. The zero-order valence-electron chi connectivity index (χ0n) is 85.9. The number of primary amides is 3. The van der Waals surface area contributed by atoms with E-state index in [-0.39, 0.29) is 95.3 Å². The first-order valence-corrected chi connectivity index (χ1v) is 49.1. The second kappa shape index (κ2) is 68.5. The number of aliphatic hydroxyl groups is 2. The highest BCUT2D eigenvalue weighted by Crippen LogP contribution is 2.18. The molecular weight excluding hydrogens is 1980 g/mol. The molecular formula is C91H151N29O30. The zero-order chi connectivity index (χ0) is 113. The molecule has 0 fully saturated rings. The molecule has 0 aromatic carbocycles. The lowest BCUT2D eigenvalue weighted by molar-refractivity contribution is -0.144. The number of aliphatic carboxylic acids is 3. The van der Waals surface area contributed by atoms with E-state index in [0.717, 1.165) is 6.92 Å². The number of carbonyl (C=O) groups excluding carboxylic acids is 22. The van der Waals surface area contributed by atoms with Gasteiger partial charge in [0.1, 0.15) is 96.7 Å². The Morgan fingerprint density at radius 2 is 0.627 bits per heavy atom. The van der Waals surface area contributed by atoms with Crippen LogP contribution in [-0.4, -0.2) is 342 Å². The van der Waals surface area contributed by atoms with Crippen molar-refractivity contribution in [2.75, 3.05) is 45.9 Å². The topological polar surface area (TPSA) is 970 Å². The van der Waals surface area contributed by atoms with Gasteiger partial charge in [-0.15, -0.1) is 0 Å². The molecule has 0 saturated carbocycles. The van der Waals surface area contributed by atoms with Crippen LogP contribution in [0.3, 0.4) is 0 Å². The lowest BCUT2D eigenvalue weighted by Crippen LogP contribution is -2.62. The Morgan fingerprint density at radius 1 is 0.320 bits per heavy atom. The van der Waals surface area contributed by atoms with Gasteiger partial charge in [-0.3, -0.25) is 115 Å². The third kappa shape index (κ3) is 48.7. The van der Waals surface area contributed by atoms with E-state index in [1.165, 1.54) is 45.8 Å². The summed E-state index contributed by atoms with van der Waals surface area (Å²) >= 11 is 0. The molecule has 0 aliphatic heterocycles. The largest absolute Gasteiger partial charge is 0.481 e. The first-order valence-electron chi connectivity index (χ1n) is 49.1. The normalized spacial score (nSPS) is 15.3. The highest BCUT2D eigenvalue weighted by molar-refractivity contribution is 6.03. The van der Waals surface area contributed by atoms with Crippen molar-refractivity contribution in [3.63, 3.8) is 0 Å². The number of nitrogens with two attached hydrogens (primary N) is 6. The van der Waals surface area contributed by atoms with Crippen molar-refractivity contribution in [1.29, 1.82) is 0 Å². The molecule has 59 nitrogen and oxygen atoms in total. The van der Waals surface area contributed by atoms with E-state index in [2.05, 4.69) is 121 Å². The predicted octanol–water partition coefficient (Wildman–Crippen LogP) is -11.7. The number of imidazole rings is 2. The number of amides is 22. The third-order valence-corrected chi connectivity index (χ3v) is 24.0. The van der Waals surface area contributed by atoms with E-state index in [1.807, 2.05) is 13.8 Å². The fraction of sp³-hybridized carbons (Fsp3) is 0.659. The molecule has 22 amide bonds. The lowest BCUT2D eigenvalue weighted by atomic mass is 9.96. The van der Waals surface area contributed by atoms with E-state index < -0.39 is 352 Å². The van der Waals surface area contributed by atoms with Gasteiger partial charge in [-0.2, -0.15) is 0 Å². The SMILES string of the molecule is CC[C@H](C)[C@H](NC(=O)[C@H](CCCCN)NC(=O)[C@H](CO)NC(=O)[C@@H](NC(=O)[C@H](CO)NC(=O)[C@H](CC(N)=O)NC(=O)[C@H](CCCCN)NC(=O)[C@@H](NC(=O)[C@H](CCC(=O)O)NC(=O)[C@H](C)NC(=O)[C@H](CC(N)=O)NC(=O)[C@H](CCC(N)=O)NC(=O)[C@@H](NC(=O)CNC(=O)[C@H](Cc1c[nH]cn1)NC(=O)CNC(=O)[C@H](CC(=O)O)NC(=O)CNC(=O)[C@H](Cc1c[nH]cn1)NC(=O)[C@@H](N)CC(C)C)[C@@H](C)CC)[C@@H](C)CC)[C@@H](C)CC)C(=O)O. The van der Waals surface area contributed by atoms with Crippen molar-refractivity contribution in [3.05, 3.63) is 36.4 Å². The van der Waals surface area contributed by atoms with Gasteiger partial charge in [-0.05, 0) is 107 Å². The van der Waals surface area contributed by atoms with Crippen LogP contribution in [0.2, 0.25) is 0 Å². The Morgan fingerprint density at radius 3 is 1.00 bits per heavy atom. The number of aliphatic hydroxyl groups excluding tert-OH is 2. The summed E-state index contributed by atoms with van der Waals surface area (Å²) < 4.78 is 0. The number of hydrogen-bond donors (Lipinski definition) is 32. The Balaban J connectivity index is 2.38. The Kier molecular flexibility index (Phi) is 59.8. The van der Waals surface area contributed by atoms with Crippen LogP contribution >= 0.6 is 0 Å². The number of hydrogen-bond acceptors (Lipinski definition) is 32. The summed E-state index contributed by atoms with van der Waals surface area (Å²) in [5, 5.41) is 94.5. The van der Waals surface area contributed by atoms with Gasteiger partial charge in [0.15, 0.2) is 0 Å². The number of nitrogens with one attached hydrogen (secondary N) is 21. The van der Waals surface area contributed by atoms with Crippen LogP contribution in [0.15, 0.2) is 25.0 Å². The van der Waals surface area contributed by atoms with Gasteiger partial charge in [0, 0.05) is 38.1 Å². The van der Waals surface area contributed by atoms with Gasteiger partial charge < -0.3 is 171 Å². The maximum atomic E-state index is 14.6. The molecule has 0 radical (unpaired) electrons. The third-order valence-electron chi connectivity index (χ3n) is 24.0. The average Bonchev–Trinajstić information content (AvgIpc) is 0.858. The maximum absolute atomic E-state index is 14.6. The van der Waals surface area contributed by atoms with E-state index in [1.54, 1.807) is 34.6 Å². The number of aromatic amines is 2. The Bertz CT molecular complexity index is 4880. The lowest BCUT2D eigenvalue weighted by Gasteiger charge is -2.30. The smallest absolute Gasteiger partial charge is 0.326 e. The van der Waals surface area contributed by atoms with Gasteiger partial charge in [-0.1, -0.05) is 94.9 Å². The zero-order valence-corrected chi connectivity index (χ0v) is 85.9. The molecule has 2 aromatic heterocycles. The van der Waals surface area contributed by atoms with E-state index in [9.17, 15) is 145 Å². The molecule has 21 atom stereocenters. The molecule has 150 heavy (non-hydrogen) atoms. The number of nitrogens with zero attached hydrogens (tertiary/aromatic N) is 2. The van der Waals surface area contributed by atoms with Crippen LogP contribution in [0.4, 0.5) is 0 Å². The summed E-state index contributed by atoms with van der Waals surface area (Å²) in [6.45, 7) is 12.4. The van der Waals surface area contributed by atoms with E-state index >= 15 is 0 Å². The molecule has 2 heterocycles. The first-order chi connectivity index (χ1) is 70.6. The summed E-state index contributed by atoms with van der Waals surface area (Å²) in [6, 6.07) is -28.4. The van der Waals surface area contributed by atoms with E-state index in [0.29, 0.717) is 18.5 Å². The van der Waals surface area contributed by atoms with Crippen LogP contribution in [0.1, 0.15) is 203 Å². The molecule has 2 aromatic rings. The number of carboxylic acid groups (broad SMARTS) is 3. The minimum Gasteiger partial charge on any atom is -0.481 e. The predicted molar refractivity (Wildman–Crippen MR) is 528 cm³/mol. The van der Waals surface area contributed by atoms with Gasteiger partial charge in [0.25, 0.3) is 0 Å². The molecule has 0 bridgehead atoms. The van der Waals surface area contributed by atoms with Crippen LogP contribution < -0.4 is 135 Å². The number of rotatable bonds is 75. The fourth-order valence-corrected chi connectivity index (χ4v) is 14.4. The second-order valence-corrected chi connectivity index (χ2v) is 36.6. The summed E-state index contributed by atoms with van der Waals surface area (Å²) in [5.41, 5.74) is 34.5. The molecule has 2 rings (SSSR count).